The summed E-state index contributed by atoms with van der Waals surface area (Å²) in [5.74, 6) is 0.168. The fourth-order valence-electron chi connectivity index (χ4n) is 2.92. The first-order valence-electron chi connectivity index (χ1n) is 7.85. The number of nitrogens with two attached hydrogens (primary N) is 1. The largest absolute Gasteiger partial charge is 0.349 e. The van der Waals surface area contributed by atoms with E-state index in [-0.39, 0.29) is 29.8 Å². The van der Waals surface area contributed by atoms with Crippen molar-refractivity contribution in [1.82, 2.24) is 10.2 Å². The summed E-state index contributed by atoms with van der Waals surface area (Å²) in [5, 5.41) is 3.08. The minimum absolute atomic E-state index is 0. The molecule has 1 saturated carbocycles. The van der Waals surface area contributed by atoms with E-state index >= 15 is 0 Å². The highest BCUT2D eigenvalue weighted by Gasteiger charge is 2.33. The average molecular weight is 320 g/mol. The van der Waals surface area contributed by atoms with Crippen molar-refractivity contribution in [3.05, 3.63) is 0 Å². The Morgan fingerprint density at radius 1 is 1.14 bits per heavy atom. The van der Waals surface area contributed by atoms with Crippen molar-refractivity contribution in [2.45, 2.75) is 64.3 Å². The highest BCUT2D eigenvalue weighted by atomic mass is 35.5. The van der Waals surface area contributed by atoms with Crippen LogP contribution in [0.25, 0.3) is 0 Å². The molecule has 124 valence electrons. The second kappa shape index (κ2) is 10.0. The normalized spacial score (nSPS) is 16.1. The molecule has 0 aliphatic heterocycles. The molecule has 1 rings (SSSR count). The smallest absolute Gasteiger partial charge is 0.222 e. The fourth-order valence-corrected chi connectivity index (χ4v) is 2.92. The Kier molecular flexibility index (Phi) is 9.62. The van der Waals surface area contributed by atoms with Gasteiger partial charge in [0, 0.05) is 32.5 Å². The predicted molar refractivity (Wildman–Crippen MR) is 87.4 cm³/mol. The zero-order chi connectivity index (χ0) is 15.0. The van der Waals surface area contributed by atoms with Gasteiger partial charge in [0.05, 0.1) is 5.54 Å². The summed E-state index contributed by atoms with van der Waals surface area (Å²) in [6, 6.07) is 0. The number of amides is 2. The molecule has 0 heterocycles. The Hall–Kier alpha value is -0.810. The molecule has 0 radical (unpaired) electrons. The molecule has 1 aliphatic rings. The molecule has 3 N–H and O–H groups in total. The second-order valence-electron chi connectivity index (χ2n) is 5.66. The number of nitrogens with one attached hydrogen (secondary N) is 1. The molecule has 0 saturated heterocycles. The number of hydrogen-bond donors (Lipinski definition) is 2. The highest BCUT2D eigenvalue weighted by molar-refractivity contribution is 5.85. The lowest BCUT2D eigenvalue weighted by molar-refractivity contribution is -0.131. The lowest BCUT2D eigenvalue weighted by Gasteiger charge is -2.28. The van der Waals surface area contributed by atoms with E-state index in [1.54, 1.807) is 4.90 Å². The van der Waals surface area contributed by atoms with Gasteiger partial charge in [-0.15, -0.1) is 12.4 Å². The van der Waals surface area contributed by atoms with Crippen LogP contribution in [0.3, 0.4) is 0 Å². The van der Waals surface area contributed by atoms with Crippen LogP contribution in [0.15, 0.2) is 0 Å². The van der Waals surface area contributed by atoms with Gasteiger partial charge in [-0.2, -0.15) is 0 Å². The molecule has 21 heavy (non-hydrogen) atoms. The van der Waals surface area contributed by atoms with Gasteiger partial charge >= 0.3 is 0 Å². The van der Waals surface area contributed by atoms with Gasteiger partial charge in [-0.1, -0.05) is 12.8 Å². The van der Waals surface area contributed by atoms with E-state index in [0.717, 1.165) is 38.8 Å². The van der Waals surface area contributed by atoms with Gasteiger partial charge in [0.2, 0.25) is 11.8 Å². The SMILES string of the molecule is CCN(CC)C(=O)CCCC(=O)NC1(CN)CCCC1.Cl. The van der Waals surface area contributed by atoms with Crippen LogP contribution in [0.1, 0.15) is 58.8 Å². The molecule has 6 heteroatoms. The molecule has 0 unspecified atom stereocenters. The van der Waals surface area contributed by atoms with Gasteiger partial charge in [0.1, 0.15) is 0 Å². The van der Waals surface area contributed by atoms with E-state index in [9.17, 15) is 9.59 Å². The van der Waals surface area contributed by atoms with Crippen molar-refractivity contribution in [2.24, 2.45) is 5.73 Å². The Labute approximate surface area is 134 Å². The van der Waals surface area contributed by atoms with Crippen LogP contribution in [0.4, 0.5) is 0 Å². The monoisotopic (exact) mass is 319 g/mol. The van der Waals surface area contributed by atoms with E-state index in [0.29, 0.717) is 25.8 Å². The Balaban J connectivity index is 0.00000400. The molecule has 0 spiro atoms. The van der Waals surface area contributed by atoms with Gasteiger partial charge in [-0.3, -0.25) is 9.59 Å². The first-order chi connectivity index (χ1) is 9.56. The Bertz CT molecular complexity index is 327. The molecule has 0 bridgehead atoms. The third-order valence-electron chi connectivity index (χ3n) is 4.27. The van der Waals surface area contributed by atoms with E-state index in [4.69, 9.17) is 5.73 Å². The summed E-state index contributed by atoms with van der Waals surface area (Å²) in [5.41, 5.74) is 5.61. The van der Waals surface area contributed by atoms with Gasteiger partial charge < -0.3 is 16.0 Å². The van der Waals surface area contributed by atoms with Crippen molar-refractivity contribution in [1.29, 1.82) is 0 Å². The van der Waals surface area contributed by atoms with E-state index < -0.39 is 0 Å². The minimum atomic E-state index is -0.181. The lowest BCUT2D eigenvalue weighted by Crippen LogP contribution is -2.51. The minimum Gasteiger partial charge on any atom is -0.349 e. The molecular weight excluding hydrogens is 290 g/mol. The van der Waals surface area contributed by atoms with Gasteiger partial charge in [-0.25, -0.2) is 0 Å². The third kappa shape index (κ3) is 6.22. The molecular formula is C15H30ClN3O2. The molecule has 0 aromatic rings. The Morgan fingerprint density at radius 3 is 2.19 bits per heavy atom. The first-order valence-corrected chi connectivity index (χ1v) is 7.85. The van der Waals surface area contributed by atoms with Crippen LogP contribution in [0.5, 0.6) is 0 Å². The number of carbonyl (C=O) groups is 2. The zero-order valence-corrected chi connectivity index (χ0v) is 14.1. The molecule has 1 fully saturated rings. The van der Waals surface area contributed by atoms with E-state index in [2.05, 4.69) is 5.32 Å². The van der Waals surface area contributed by atoms with Gasteiger partial charge in [0.25, 0.3) is 0 Å². The molecule has 2 amide bonds. The number of hydrogen-bond acceptors (Lipinski definition) is 3. The van der Waals surface area contributed by atoms with Crippen molar-refractivity contribution in [3.63, 3.8) is 0 Å². The summed E-state index contributed by atoms with van der Waals surface area (Å²) in [6.45, 7) is 5.92. The summed E-state index contributed by atoms with van der Waals surface area (Å²) in [6.07, 6.45) is 5.71. The van der Waals surface area contributed by atoms with E-state index in [1.165, 1.54) is 0 Å². The third-order valence-corrected chi connectivity index (χ3v) is 4.27. The Morgan fingerprint density at radius 2 is 1.71 bits per heavy atom. The standard InChI is InChI=1S/C15H29N3O2.ClH/c1-3-18(4-2)14(20)9-7-8-13(19)17-15(12-16)10-5-6-11-15;/h3-12,16H2,1-2H3,(H,17,19);1H. The van der Waals surface area contributed by atoms with Crippen LogP contribution in [0, 0.1) is 0 Å². The first kappa shape index (κ1) is 20.2. The summed E-state index contributed by atoms with van der Waals surface area (Å²) < 4.78 is 0. The van der Waals surface area contributed by atoms with Crippen LogP contribution in [-0.2, 0) is 9.59 Å². The predicted octanol–water partition coefficient (Wildman–Crippen LogP) is 1.83. The maximum Gasteiger partial charge on any atom is 0.222 e. The highest BCUT2D eigenvalue weighted by Crippen LogP contribution is 2.28. The second-order valence-corrected chi connectivity index (χ2v) is 5.66. The number of carbonyl (C=O) groups excluding carboxylic acids is 2. The van der Waals surface area contributed by atoms with Crippen LogP contribution >= 0.6 is 12.4 Å². The lowest BCUT2D eigenvalue weighted by atomic mass is 9.97. The molecule has 5 nitrogen and oxygen atoms in total. The molecule has 0 aromatic carbocycles. The van der Waals surface area contributed by atoms with Crippen LogP contribution in [-0.4, -0.2) is 41.9 Å². The number of halogens is 1. The van der Waals surface area contributed by atoms with E-state index in [1.807, 2.05) is 13.8 Å². The summed E-state index contributed by atoms with van der Waals surface area (Å²) in [4.78, 5) is 25.6. The average Bonchev–Trinajstić information content (AvgIpc) is 2.89. The van der Waals surface area contributed by atoms with Crippen molar-refractivity contribution in [3.8, 4) is 0 Å². The van der Waals surface area contributed by atoms with Gasteiger partial charge in [-0.05, 0) is 33.1 Å². The summed E-state index contributed by atoms with van der Waals surface area (Å²) >= 11 is 0. The molecule has 0 aromatic heterocycles. The van der Waals surface area contributed by atoms with Crippen molar-refractivity contribution in [2.75, 3.05) is 19.6 Å². The van der Waals surface area contributed by atoms with Crippen molar-refractivity contribution < 1.29 is 9.59 Å². The molecule has 1 aliphatic carbocycles. The zero-order valence-electron chi connectivity index (χ0n) is 13.3. The van der Waals surface area contributed by atoms with Gasteiger partial charge in [0.15, 0.2) is 0 Å². The summed E-state index contributed by atoms with van der Waals surface area (Å²) in [7, 11) is 0. The maximum absolute atomic E-state index is 12.0. The van der Waals surface area contributed by atoms with Crippen molar-refractivity contribution >= 4 is 24.2 Å². The number of rotatable bonds is 8. The van der Waals surface area contributed by atoms with Crippen LogP contribution < -0.4 is 11.1 Å². The number of nitrogens with zero attached hydrogens (tertiary/aromatic N) is 1. The topological polar surface area (TPSA) is 75.4 Å². The fraction of sp³-hybridized carbons (Fsp3) is 0.867. The maximum atomic E-state index is 12.0. The molecule has 0 atom stereocenters. The van der Waals surface area contributed by atoms with Crippen LogP contribution in [0.2, 0.25) is 0 Å². The quantitative estimate of drug-likeness (QED) is 0.716.